The van der Waals surface area contributed by atoms with Crippen LogP contribution < -0.4 is 10.6 Å². The lowest BCUT2D eigenvalue weighted by Gasteiger charge is -2.37. The lowest BCUT2D eigenvalue weighted by molar-refractivity contribution is -0.133. The Bertz CT molecular complexity index is 456. The minimum Gasteiger partial charge on any atom is -0.351 e. The van der Waals surface area contributed by atoms with Crippen molar-refractivity contribution in [2.24, 2.45) is 5.92 Å². The van der Waals surface area contributed by atoms with Gasteiger partial charge in [-0.2, -0.15) is 5.10 Å². The number of amides is 1. The van der Waals surface area contributed by atoms with E-state index in [2.05, 4.69) is 22.7 Å². The second-order valence-corrected chi connectivity index (χ2v) is 6.22. The SMILES string of the molecule is CC1CCCC1NC(=O)C1(n2cccn2)CCNCC1.Cl. The molecule has 0 bridgehead atoms. The van der Waals surface area contributed by atoms with Crippen molar-refractivity contribution in [2.75, 3.05) is 13.1 Å². The molecular formula is C15H25ClN4O. The van der Waals surface area contributed by atoms with E-state index in [1.807, 2.05) is 16.9 Å². The molecule has 118 valence electrons. The van der Waals surface area contributed by atoms with Crippen LogP contribution in [0.4, 0.5) is 0 Å². The summed E-state index contributed by atoms with van der Waals surface area (Å²) in [5, 5.41) is 11.0. The molecule has 2 N–H and O–H groups in total. The molecule has 2 atom stereocenters. The van der Waals surface area contributed by atoms with Gasteiger partial charge in [0.1, 0.15) is 5.54 Å². The number of rotatable bonds is 3. The molecule has 6 heteroatoms. The van der Waals surface area contributed by atoms with Crippen LogP contribution in [0.2, 0.25) is 0 Å². The molecule has 2 fully saturated rings. The van der Waals surface area contributed by atoms with Crippen molar-refractivity contribution in [3.05, 3.63) is 18.5 Å². The van der Waals surface area contributed by atoms with Crippen LogP contribution in [-0.2, 0) is 10.3 Å². The first kappa shape index (κ1) is 16.3. The average molecular weight is 313 g/mol. The van der Waals surface area contributed by atoms with E-state index in [0.717, 1.165) is 32.4 Å². The molecule has 3 rings (SSSR count). The maximum atomic E-state index is 12.9. The van der Waals surface area contributed by atoms with Gasteiger partial charge in [-0.3, -0.25) is 9.48 Å². The Morgan fingerprint density at radius 3 is 2.71 bits per heavy atom. The molecule has 2 aliphatic rings. The first-order valence-electron chi connectivity index (χ1n) is 7.74. The second-order valence-electron chi connectivity index (χ2n) is 6.22. The largest absolute Gasteiger partial charge is 0.351 e. The molecule has 1 aromatic heterocycles. The van der Waals surface area contributed by atoms with Gasteiger partial charge in [0.25, 0.3) is 0 Å². The number of carbonyl (C=O) groups is 1. The molecule has 1 saturated carbocycles. The summed E-state index contributed by atoms with van der Waals surface area (Å²) in [6, 6.07) is 2.24. The van der Waals surface area contributed by atoms with Gasteiger partial charge >= 0.3 is 0 Å². The first-order valence-corrected chi connectivity index (χ1v) is 7.74. The highest BCUT2D eigenvalue weighted by atomic mass is 35.5. The van der Waals surface area contributed by atoms with Crippen LogP contribution in [-0.4, -0.2) is 34.8 Å². The van der Waals surface area contributed by atoms with Crippen molar-refractivity contribution < 1.29 is 4.79 Å². The second kappa shape index (κ2) is 6.79. The number of hydrogen-bond donors (Lipinski definition) is 2. The van der Waals surface area contributed by atoms with Crippen LogP contribution in [0.3, 0.4) is 0 Å². The standard InChI is InChI=1S/C15H24N4O.ClH/c1-12-4-2-5-13(12)18-14(20)15(6-9-16-10-7-15)19-11-3-8-17-19;/h3,8,11-13,16H,2,4-7,9-10H2,1H3,(H,18,20);1H. The zero-order valence-corrected chi connectivity index (χ0v) is 13.4. The van der Waals surface area contributed by atoms with Gasteiger partial charge < -0.3 is 10.6 Å². The van der Waals surface area contributed by atoms with Crippen LogP contribution in [0.25, 0.3) is 0 Å². The predicted molar refractivity (Wildman–Crippen MR) is 84.5 cm³/mol. The quantitative estimate of drug-likeness (QED) is 0.893. The van der Waals surface area contributed by atoms with E-state index < -0.39 is 5.54 Å². The van der Waals surface area contributed by atoms with Gasteiger partial charge in [-0.25, -0.2) is 0 Å². The van der Waals surface area contributed by atoms with Crippen LogP contribution in [0.15, 0.2) is 18.5 Å². The minimum atomic E-state index is -0.503. The normalized spacial score (nSPS) is 27.9. The van der Waals surface area contributed by atoms with Crippen molar-refractivity contribution in [1.82, 2.24) is 20.4 Å². The van der Waals surface area contributed by atoms with Gasteiger partial charge in [-0.1, -0.05) is 13.3 Å². The van der Waals surface area contributed by atoms with Crippen LogP contribution >= 0.6 is 12.4 Å². The molecule has 0 spiro atoms. The zero-order chi connectivity index (χ0) is 14.0. The van der Waals surface area contributed by atoms with Gasteiger partial charge in [0.2, 0.25) is 5.91 Å². The summed E-state index contributed by atoms with van der Waals surface area (Å²) >= 11 is 0. The van der Waals surface area contributed by atoms with Gasteiger partial charge in [-0.15, -0.1) is 12.4 Å². The molecule has 2 unspecified atom stereocenters. The topological polar surface area (TPSA) is 59.0 Å². The smallest absolute Gasteiger partial charge is 0.248 e. The third-order valence-corrected chi connectivity index (χ3v) is 4.97. The third kappa shape index (κ3) is 3.09. The van der Waals surface area contributed by atoms with E-state index in [-0.39, 0.29) is 18.3 Å². The van der Waals surface area contributed by atoms with Crippen LogP contribution in [0.1, 0.15) is 39.0 Å². The van der Waals surface area contributed by atoms with Crippen molar-refractivity contribution in [1.29, 1.82) is 0 Å². The molecule has 0 radical (unpaired) electrons. The van der Waals surface area contributed by atoms with E-state index >= 15 is 0 Å². The van der Waals surface area contributed by atoms with Crippen molar-refractivity contribution >= 4 is 18.3 Å². The van der Waals surface area contributed by atoms with Crippen molar-refractivity contribution in [3.63, 3.8) is 0 Å². The highest BCUT2D eigenvalue weighted by Gasteiger charge is 2.43. The van der Waals surface area contributed by atoms with Gasteiger partial charge in [0, 0.05) is 18.4 Å². The molecule has 5 nitrogen and oxygen atoms in total. The Morgan fingerprint density at radius 2 is 2.14 bits per heavy atom. The minimum absolute atomic E-state index is 0. The molecule has 1 aromatic rings. The Morgan fingerprint density at radius 1 is 1.38 bits per heavy atom. The van der Waals surface area contributed by atoms with Gasteiger partial charge in [-0.05, 0) is 50.8 Å². The fourth-order valence-electron chi connectivity index (χ4n) is 3.59. The highest BCUT2D eigenvalue weighted by molar-refractivity contribution is 5.85. The summed E-state index contributed by atoms with van der Waals surface area (Å²) in [4.78, 5) is 12.9. The Hall–Kier alpha value is -1.07. The monoisotopic (exact) mass is 312 g/mol. The number of hydrogen-bond acceptors (Lipinski definition) is 3. The Balaban J connectivity index is 0.00000161. The fraction of sp³-hybridized carbons (Fsp3) is 0.733. The lowest BCUT2D eigenvalue weighted by atomic mass is 9.86. The Labute approximate surface area is 132 Å². The molecule has 1 saturated heterocycles. The van der Waals surface area contributed by atoms with E-state index in [1.165, 1.54) is 12.8 Å². The van der Waals surface area contributed by atoms with E-state index in [9.17, 15) is 4.79 Å². The maximum absolute atomic E-state index is 12.9. The number of aromatic nitrogens is 2. The summed E-state index contributed by atoms with van der Waals surface area (Å²) in [6.07, 6.45) is 8.85. The summed E-state index contributed by atoms with van der Waals surface area (Å²) in [7, 11) is 0. The van der Waals surface area contributed by atoms with Crippen LogP contribution in [0, 0.1) is 5.92 Å². The predicted octanol–water partition coefficient (Wildman–Crippen LogP) is 1.69. The number of nitrogens with zero attached hydrogens (tertiary/aromatic N) is 2. The van der Waals surface area contributed by atoms with E-state index in [4.69, 9.17) is 0 Å². The maximum Gasteiger partial charge on any atom is 0.248 e. The number of halogens is 1. The molecule has 0 aromatic carbocycles. The molecule has 1 aliphatic carbocycles. The number of piperidine rings is 1. The number of nitrogens with one attached hydrogen (secondary N) is 2. The fourth-order valence-corrected chi connectivity index (χ4v) is 3.59. The number of carbonyl (C=O) groups excluding carboxylic acids is 1. The summed E-state index contributed by atoms with van der Waals surface area (Å²) in [5.74, 6) is 0.747. The molecule has 2 heterocycles. The highest BCUT2D eigenvalue weighted by Crippen LogP contribution is 2.30. The van der Waals surface area contributed by atoms with Gasteiger partial charge in [0.05, 0.1) is 0 Å². The third-order valence-electron chi connectivity index (χ3n) is 4.97. The molecule has 1 amide bonds. The Kier molecular flexibility index (Phi) is 5.27. The van der Waals surface area contributed by atoms with Crippen molar-refractivity contribution in [2.45, 2.75) is 50.6 Å². The summed E-state index contributed by atoms with van der Waals surface area (Å²) < 4.78 is 1.86. The van der Waals surface area contributed by atoms with Crippen LogP contribution in [0.5, 0.6) is 0 Å². The van der Waals surface area contributed by atoms with Gasteiger partial charge in [0.15, 0.2) is 0 Å². The van der Waals surface area contributed by atoms with E-state index in [1.54, 1.807) is 6.20 Å². The molecule has 1 aliphatic heterocycles. The van der Waals surface area contributed by atoms with Crippen molar-refractivity contribution in [3.8, 4) is 0 Å². The summed E-state index contributed by atoms with van der Waals surface area (Å²) in [5.41, 5.74) is -0.503. The molecule has 21 heavy (non-hydrogen) atoms. The lowest BCUT2D eigenvalue weighted by Crippen LogP contribution is -2.56. The average Bonchev–Trinajstić information content (AvgIpc) is 3.12. The summed E-state index contributed by atoms with van der Waals surface area (Å²) in [6.45, 7) is 3.97. The molecular weight excluding hydrogens is 288 g/mol. The zero-order valence-electron chi connectivity index (χ0n) is 12.5. The van der Waals surface area contributed by atoms with E-state index in [0.29, 0.717) is 12.0 Å². The first-order chi connectivity index (χ1) is 9.72.